The summed E-state index contributed by atoms with van der Waals surface area (Å²) >= 11 is 3.45. The van der Waals surface area contributed by atoms with Crippen LogP contribution in [0.3, 0.4) is 0 Å². The third-order valence-electron chi connectivity index (χ3n) is 4.18. The number of H-pyrrole nitrogens is 1. The van der Waals surface area contributed by atoms with Gasteiger partial charge in [0, 0.05) is 24.5 Å². The number of aromatic amines is 1. The topological polar surface area (TPSA) is 75.5 Å². The van der Waals surface area contributed by atoms with Gasteiger partial charge in [-0.3, -0.25) is 14.5 Å². The summed E-state index contributed by atoms with van der Waals surface area (Å²) in [5, 5.41) is 8.85. The fraction of sp³-hybridized carbons (Fsp3) is 0.375. The quantitative estimate of drug-likeness (QED) is 0.677. The smallest absolute Gasteiger partial charge is 0.233 e. The van der Waals surface area contributed by atoms with Crippen LogP contribution in [0.2, 0.25) is 0 Å². The fourth-order valence-electron chi connectivity index (χ4n) is 3.03. The molecule has 0 aromatic carbocycles. The number of rotatable bonds is 5. The minimum absolute atomic E-state index is 0.671. The number of nitrogens with one attached hydrogen (secondary N) is 1. The number of fused-ring (bicyclic) bond motifs is 2. The first kappa shape index (κ1) is 15.3. The van der Waals surface area contributed by atoms with Crippen molar-refractivity contribution in [2.75, 3.05) is 11.4 Å². The lowest BCUT2D eigenvalue weighted by Gasteiger charge is -2.27. The van der Waals surface area contributed by atoms with Gasteiger partial charge in [-0.1, -0.05) is 19.8 Å². The highest BCUT2D eigenvalue weighted by atomic mass is 79.9. The van der Waals surface area contributed by atoms with Gasteiger partial charge in [0.25, 0.3) is 0 Å². The molecule has 1 aliphatic heterocycles. The second kappa shape index (κ2) is 6.35. The van der Waals surface area contributed by atoms with Gasteiger partial charge < -0.3 is 4.98 Å². The molecule has 0 fully saturated rings. The van der Waals surface area contributed by atoms with Crippen LogP contribution in [0.1, 0.15) is 31.9 Å². The summed E-state index contributed by atoms with van der Waals surface area (Å²) in [7, 11) is 0. The van der Waals surface area contributed by atoms with Gasteiger partial charge in [-0.05, 0) is 34.5 Å². The average Bonchev–Trinajstić information content (AvgIpc) is 3.18. The van der Waals surface area contributed by atoms with Crippen LogP contribution in [0.4, 0.5) is 11.8 Å². The van der Waals surface area contributed by atoms with E-state index in [2.05, 4.69) is 57.5 Å². The third kappa shape index (κ3) is 2.60. The molecule has 0 saturated carbocycles. The molecule has 3 aromatic heterocycles. The van der Waals surface area contributed by atoms with E-state index < -0.39 is 0 Å². The second-order valence-corrected chi connectivity index (χ2v) is 6.59. The van der Waals surface area contributed by atoms with Crippen LogP contribution in [-0.4, -0.2) is 36.3 Å². The first-order valence-corrected chi connectivity index (χ1v) is 8.92. The van der Waals surface area contributed by atoms with Crippen molar-refractivity contribution in [3.63, 3.8) is 0 Å². The van der Waals surface area contributed by atoms with E-state index in [-0.39, 0.29) is 0 Å². The zero-order chi connectivity index (χ0) is 16.5. The highest BCUT2D eigenvalue weighted by Gasteiger charge is 2.30. The number of unbranched alkanes of at least 4 members (excludes halogenated alkanes) is 2. The van der Waals surface area contributed by atoms with Gasteiger partial charge in [0.2, 0.25) is 5.95 Å². The van der Waals surface area contributed by atoms with Gasteiger partial charge in [-0.15, -0.1) is 10.2 Å². The Morgan fingerprint density at radius 3 is 3.00 bits per heavy atom. The van der Waals surface area contributed by atoms with Crippen LogP contribution in [0, 0.1) is 0 Å². The minimum atomic E-state index is 0.671. The van der Waals surface area contributed by atoms with E-state index in [1.54, 1.807) is 6.20 Å². The number of imidazole rings is 1. The number of halogens is 1. The Morgan fingerprint density at radius 1 is 1.29 bits per heavy atom. The summed E-state index contributed by atoms with van der Waals surface area (Å²) in [4.78, 5) is 14.2. The van der Waals surface area contributed by atoms with Gasteiger partial charge in [0.1, 0.15) is 0 Å². The molecule has 7 nitrogen and oxygen atoms in total. The van der Waals surface area contributed by atoms with E-state index >= 15 is 0 Å². The van der Waals surface area contributed by atoms with Crippen molar-refractivity contribution >= 4 is 27.7 Å². The summed E-state index contributed by atoms with van der Waals surface area (Å²) in [5.74, 6) is 2.61. The van der Waals surface area contributed by atoms with Gasteiger partial charge >= 0.3 is 0 Å². The van der Waals surface area contributed by atoms with Crippen molar-refractivity contribution in [1.29, 1.82) is 0 Å². The standard InChI is InChI=1S/C16H18BrN7/c1-2-3-4-8-23-14-12(19-15(17)20-14)10-24-13(21-22-16(23)24)11-6-5-7-18-9-11/h5-7,9H,2-4,8,10H2,1H3,(H,19,20). The van der Waals surface area contributed by atoms with E-state index in [9.17, 15) is 0 Å². The van der Waals surface area contributed by atoms with Gasteiger partial charge in [0.15, 0.2) is 16.4 Å². The number of hydrogen-bond donors (Lipinski definition) is 1. The molecular formula is C16H18BrN7. The van der Waals surface area contributed by atoms with Gasteiger partial charge in [-0.2, -0.15) is 0 Å². The number of pyridine rings is 1. The first-order chi connectivity index (χ1) is 11.8. The van der Waals surface area contributed by atoms with Crippen molar-refractivity contribution in [2.24, 2.45) is 0 Å². The van der Waals surface area contributed by atoms with Crippen LogP contribution >= 0.6 is 15.9 Å². The van der Waals surface area contributed by atoms with Crippen molar-refractivity contribution in [1.82, 2.24) is 29.7 Å². The van der Waals surface area contributed by atoms with E-state index in [4.69, 9.17) is 0 Å². The summed E-state index contributed by atoms with van der Waals surface area (Å²) in [6.45, 7) is 3.75. The van der Waals surface area contributed by atoms with E-state index in [0.29, 0.717) is 6.54 Å². The predicted molar refractivity (Wildman–Crippen MR) is 95.2 cm³/mol. The van der Waals surface area contributed by atoms with Crippen molar-refractivity contribution in [2.45, 2.75) is 32.7 Å². The Bertz CT molecular complexity index is 839. The highest BCUT2D eigenvalue weighted by Crippen LogP contribution is 2.35. The average molecular weight is 388 g/mol. The maximum absolute atomic E-state index is 4.59. The van der Waals surface area contributed by atoms with Crippen LogP contribution in [0.15, 0.2) is 29.3 Å². The first-order valence-electron chi connectivity index (χ1n) is 8.13. The second-order valence-electron chi connectivity index (χ2n) is 5.84. The van der Waals surface area contributed by atoms with Crippen molar-refractivity contribution in [3.8, 4) is 11.4 Å². The fourth-order valence-corrected chi connectivity index (χ4v) is 3.44. The van der Waals surface area contributed by atoms with Crippen molar-refractivity contribution < 1.29 is 0 Å². The summed E-state index contributed by atoms with van der Waals surface area (Å²) < 4.78 is 2.87. The normalized spacial score (nSPS) is 13.0. The lowest BCUT2D eigenvalue weighted by Crippen LogP contribution is -2.28. The van der Waals surface area contributed by atoms with Crippen LogP contribution in [0.5, 0.6) is 0 Å². The Morgan fingerprint density at radius 2 is 2.21 bits per heavy atom. The summed E-state index contributed by atoms with van der Waals surface area (Å²) in [6.07, 6.45) is 7.03. The molecule has 0 bridgehead atoms. The molecule has 4 rings (SSSR count). The monoisotopic (exact) mass is 387 g/mol. The van der Waals surface area contributed by atoms with Gasteiger partial charge in [0.05, 0.1) is 12.2 Å². The Labute approximate surface area is 148 Å². The number of aromatic nitrogens is 6. The van der Waals surface area contributed by atoms with E-state index in [1.165, 1.54) is 12.8 Å². The van der Waals surface area contributed by atoms with E-state index in [1.807, 2.05) is 18.3 Å². The maximum atomic E-state index is 4.59. The van der Waals surface area contributed by atoms with Crippen LogP contribution in [0.25, 0.3) is 11.4 Å². The SMILES string of the molecule is CCCCCN1c2nc(Br)[nH]c2Cn2c(-c3cccnc3)nnc21. The summed E-state index contributed by atoms with van der Waals surface area (Å²) in [6, 6.07) is 3.92. The highest BCUT2D eigenvalue weighted by molar-refractivity contribution is 9.10. The lowest BCUT2D eigenvalue weighted by atomic mass is 10.2. The summed E-state index contributed by atoms with van der Waals surface area (Å²) in [5.41, 5.74) is 2.03. The molecule has 124 valence electrons. The molecule has 0 radical (unpaired) electrons. The number of hydrogen-bond acceptors (Lipinski definition) is 5. The van der Waals surface area contributed by atoms with Crippen molar-refractivity contribution in [3.05, 3.63) is 35.0 Å². The Kier molecular flexibility index (Phi) is 4.05. The number of anilines is 2. The minimum Gasteiger partial charge on any atom is -0.333 e. The molecule has 8 heteroatoms. The Balaban J connectivity index is 1.76. The molecule has 3 aromatic rings. The van der Waals surface area contributed by atoms with Crippen LogP contribution < -0.4 is 4.90 Å². The maximum Gasteiger partial charge on any atom is 0.233 e. The van der Waals surface area contributed by atoms with E-state index in [0.717, 1.165) is 46.5 Å². The molecule has 0 saturated heterocycles. The molecule has 0 unspecified atom stereocenters. The molecule has 0 spiro atoms. The zero-order valence-electron chi connectivity index (χ0n) is 13.4. The lowest BCUT2D eigenvalue weighted by molar-refractivity contribution is 0.668. The third-order valence-corrected chi connectivity index (χ3v) is 4.55. The Hall–Kier alpha value is -2.22. The molecule has 0 amide bonds. The van der Waals surface area contributed by atoms with Crippen LogP contribution in [-0.2, 0) is 6.54 Å². The molecule has 0 atom stereocenters. The van der Waals surface area contributed by atoms with Gasteiger partial charge in [-0.25, -0.2) is 4.98 Å². The predicted octanol–water partition coefficient (Wildman–Crippen LogP) is 3.52. The molecule has 0 aliphatic carbocycles. The zero-order valence-corrected chi connectivity index (χ0v) is 15.0. The molecule has 1 N–H and O–H groups in total. The number of nitrogens with zero attached hydrogens (tertiary/aromatic N) is 6. The molecule has 24 heavy (non-hydrogen) atoms. The molecule has 1 aliphatic rings. The largest absolute Gasteiger partial charge is 0.333 e. The molecular weight excluding hydrogens is 370 g/mol. The molecule has 4 heterocycles.